The Balaban J connectivity index is 2.48. The van der Waals surface area contributed by atoms with E-state index in [2.05, 4.69) is 9.62 Å². The minimum atomic E-state index is -3.48. The molecule has 0 unspecified atom stereocenters. The molecule has 0 aliphatic carbocycles. The van der Waals surface area contributed by atoms with Crippen LogP contribution in [0, 0.1) is 0 Å². The van der Waals surface area contributed by atoms with Crippen LogP contribution in [0.4, 0.5) is 11.4 Å². The first-order valence-electron chi connectivity index (χ1n) is 6.46. The fourth-order valence-corrected chi connectivity index (χ4v) is 3.10. The minimum Gasteiger partial charge on any atom is -0.397 e. The normalized spacial score (nSPS) is 19.1. The maximum absolute atomic E-state index is 11.9. The van der Waals surface area contributed by atoms with Gasteiger partial charge in [0, 0.05) is 6.54 Å². The summed E-state index contributed by atoms with van der Waals surface area (Å²) in [5.74, 6) is 0. The number of nitrogens with two attached hydrogens (primary N) is 1. The zero-order valence-corrected chi connectivity index (χ0v) is 12.8. The van der Waals surface area contributed by atoms with Gasteiger partial charge < -0.3 is 15.4 Å². The van der Waals surface area contributed by atoms with Gasteiger partial charge in [0.2, 0.25) is 10.0 Å². The van der Waals surface area contributed by atoms with Gasteiger partial charge in [-0.2, -0.15) is 0 Å². The van der Waals surface area contributed by atoms with E-state index in [0.717, 1.165) is 5.69 Å². The van der Waals surface area contributed by atoms with Gasteiger partial charge in [0.05, 0.1) is 35.0 Å². The van der Waals surface area contributed by atoms with Crippen LogP contribution in [0.2, 0.25) is 0 Å². The second-order valence-electron chi connectivity index (χ2n) is 5.44. The highest BCUT2D eigenvalue weighted by Gasteiger charge is 2.32. The number of anilines is 2. The summed E-state index contributed by atoms with van der Waals surface area (Å²) in [4.78, 5) is 2.31. The van der Waals surface area contributed by atoms with E-state index < -0.39 is 10.0 Å². The number of hydrogen-bond acceptors (Lipinski definition) is 5. The molecule has 20 heavy (non-hydrogen) atoms. The van der Waals surface area contributed by atoms with E-state index in [1.807, 2.05) is 13.8 Å². The van der Waals surface area contributed by atoms with Gasteiger partial charge in [-0.05, 0) is 39.1 Å². The average molecular weight is 299 g/mol. The molecule has 1 aromatic carbocycles. The average Bonchev–Trinajstić information content (AvgIpc) is 2.39. The van der Waals surface area contributed by atoms with Crippen molar-refractivity contribution in [1.82, 2.24) is 4.72 Å². The standard InChI is InChI=1S/C13H21N3O3S/c1-13(2)9-19-7-6-16(13)12-8-10(4-5-11(12)14)20(17,18)15-3/h4-5,8,15H,6-7,9,14H2,1-3H3. The predicted octanol–water partition coefficient (Wildman–Crippen LogP) is 0.792. The fourth-order valence-electron chi connectivity index (χ4n) is 2.35. The van der Waals surface area contributed by atoms with Crippen molar-refractivity contribution in [2.45, 2.75) is 24.3 Å². The third kappa shape index (κ3) is 2.74. The van der Waals surface area contributed by atoms with Gasteiger partial charge in [0.25, 0.3) is 0 Å². The van der Waals surface area contributed by atoms with Gasteiger partial charge in [-0.25, -0.2) is 13.1 Å². The van der Waals surface area contributed by atoms with E-state index in [9.17, 15) is 8.42 Å². The van der Waals surface area contributed by atoms with Crippen LogP contribution in [-0.2, 0) is 14.8 Å². The van der Waals surface area contributed by atoms with Gasteiger partial charge in [-0.1, -0.05) is 0 Å². The van der Waals surface area contributed by atoms with Gasteiger partial charge in [0.1, 0.15) is 0 Å². The molecule has 1 heterocycles. The van der Waals surface area contributed by atoms with Crippen LogP contribution in [0.3, 0.4) is 0 Å². The van der Waals surface area contributed by atoms with Gasteiger partial charge in [-0.3, -0.25) is 0 Å². The van der Waals surface area contributed by atoms with Crippen molar-refractivity contribution < 1.29 is 13.2 Å². The number of sulfonamides is 1. The SMILES string of the molecule is CNS(=O)(=O)c1ccc(N)c(N2CCOCC2(C)C)c1. The van der Waals surface area contributed by atoms with Gasteiger partial charge in [0.15, 0.2) is 0 Å². The van der Waals surface area contributed by atoms with Crippen LogP contribution in [0.25, 0.3) is 0 Å². The van der Waals surface area contributed by atoms with Crippen molar-refractivity contribution in [3.05, 3.63) is 18.2 Å². The molecule has 0 atom stereocenters. The summed E-state index contributed by atoms with van der Waals surface area (Å²) in [6, 6.07) is 4.76. The second kappa shape index (κ2) is 5.23. The van der Waals surface area contributed by atoms with E-state index in [0.29, 0.717) is 25.4 Å². The lowest BCUT2D eigenvalue weighted by Crippen LogP contribution is -2.53. The highest BCUT2D eigenvalue weighted by Crippen LogP contribution is 2.33. The van der Waals surface area contributed by atoms with Crippen LogP contribution in [0.5, 0.6) is 0 Å². The number of morpholine rings is 1. The molecule has 0 saturated carbocycles. The minimum absolute atomic E-state index is 0.214. The first-order chi connectivity index (χ1) is 9.28. The maximum atomic E-state index is 11.9. The zero-order valence-electron chi connectivity index (χ0n) is 12.0. The molecule has 0 bridgehead atoms. The highest BCUT2D eigenvalue weighted by molar-refractivity contribution is 7.89. The van der Waals surface area contributed by atoms with Crippen molar-refractivity contribution in [3.8, 4) is 0 Å². The van der Waals surface area contributed by atoms with E-state index in [4.69, 9.17) is 10.5 Å². The Labute approximate surface area is 120 Å². The number of nitrogens with one attached hydrogen (secondary N) is 1. The summed E-state index contributed by atoms with van der Waals surface area (Å²) < 4.78 is 31.6. The van der Waals surface area contributed by atoms with E-state index >= 15 is 0 Å². The molecule has 1 aliphatic heterocycles. The summed E-state index contributed by atoms with van der Waals surface area (Å²) in [7, 11) is -2.08. The summed E-state index contributed by atoms with van der Waals surface area (Å²) in [6.45, 7) is 5.96. The Morgan fingerprint density at radius 1 is 1.40 bits per heavy atom. The van der Waals surface area contributed by atoms with Crippen molar-refractivity contribution in [3.63, 3.8) is 0 Å². The Morgan fingerprint density at radius 2 is 2.10 bits per heavy atom. The predicted molar refractivity (Wildman–Crippen MR) is 79.3 cm³/mol. The molecule has 7 heteroatoms. The Hall–Kier alpha value is -1.31. The molecular formula is C13H21N3O3S. The Morgan fingerprint density at radius 3 is 2.70 bits per heavy atom. The molecular weight excluding hydrogens is 278 g/mol. The fraction of sp³-hybridized carbons (Fsp3) is 0.538. The summed E-state index contributed by atoms with van der Waals surface area (Å²) >= 11 is 0. The van der Waals surface area contributed by atoms with E-state index in [1.165, 1.54) is 13.1 Å². The third-order valence-electron chi connectivity index (χ3n) is 3.52. The molecule has 1 aromatic rings. The first-order valence-corrected chi connectivity index (χ1v) is 7.95. The van der Waals surface area contributed by atoms with Crippen LogP contribution < -0.4 is 15.4 Å². The quantitative estimate of drug-likeness (QED) is 0.806. The van der Waals surface area contributed by atoms with E-state index in [1.54, 1.807) is 12.1 Å². The summed E-state index contributed by atoms with van der Waals surface area (Å²) in [6.07, 6.45) is 0. The molecule has 1 saturated heterocycles. The van der Waals surface area contributed by atoms with Gasteiger partial charge >= 0.3 is 0 Å². The molecule has 3 N–H and O–H groups in total. The lowest BCUT2D eigenvalue weighted by molar-refractivity contribution is 0.0644. The topological polar surface area (TPSA) is 84.7 Å². The molecule has 0 aromatic heterocycles. The first kappa shape index (κ1) is 15.1. The van der Waals surface area contributed by atoms with Crippen molar-refractivity contribution in [2.75, 3.05) is 37.4 Å². The van der Waals surface area contributed by atoms with Crippen LogP contribution in [-0.4, -0.2) is 40.8 Å². The third-order valence-corrected chi connectivity index (χ3v) is 4.93. The number of nitrogen functional groups attached to an aromatic ring is 1. The van der Waals surface area contributed by atoms with Gasteiger partial charge in [-0.15, -0.1) is 0 Å². The second-order valence-corrected chi connectivity index (χ2v) is 7.33. The van der Waals surface area contributed by atoms with Crippen LogP contribution in [0.1, 0.15) is 13.8 Å². The van der Waals surface area contributed by atoms with E-state index in [-0.39, 0.29) is 10.4 Å². The zero-order chi connectivity index (χ0) is 15.0. The van der Waals surface area contributed by atoms with Crippen LogP contribution in [0.15, 0.2) is 23.1 Å². The van der Waals surface area contributed by atoms with Crippen molar-refractivity contribution in [2.24, 2.45) is 0 Å². The number of benzene rings is 1. The lowest BCUT2D eigenvalue weighted by atomic mass is 10.0. The molecule has 1 aliphatic rings. The Bertz CT molecular complexity index is 599. The smallest absolute Gasteiger partial charge is 0.240 e. The molecule has 112 valence electrons. The lowest BCUT2D eigenvalue weighted by Gasteiger charge is -2.44. The summed E-state index contributed by atoms with van der Waals surface area (Å²) in [5, 5.41) is 0. The molecule has 0 radical (unpaired) electrons. The number of ether oxygens (including phenoxy) is 1. The molecule has 6 nitrogen and oxygen atoms in total. The molecule has 0 spiro atoms. The molecule has 1 fully saturated rings. The number of hydrogen-bond donors (Lipinski definition) is 2. The van der Waals surface area contributed by atoms with Crippen molar-refractivity contribution >= 4 is 21.4 Å². The number of nitrogens with zero attached hydrogens (tertiary/aromatic N) is 1. The Kier molecular flexibility index (Phi) is 3.95. The van der Waals surface area contributed by atoms with Crippen molar-refractivity contribution in [1.29, 1.82) is 0 Å². The number of rotatable bonds is 3. The molecule has 2 rings (SSSR count). The largest absolute Gasteiger partial charge is 0.397 e. The summed E-state index contributed by atoms with van der Waals surface area (Å²) in [5.41, 5.74) is 7.10. The monoisotopic (exact) mass is 299 g/mol. The maximum Gasteiger partial charge on any atom is 0.240 e. The van der Waals surface area contributed by atoms with Crippen LogP contribution >= 0.6 is 0 Å². The highest BCUT2D eigenvalue weighted by atomic mass is 32.2. The molecule has 0 amide bonds.